The molecule has 3 rings (SSSR count). The summed E-state index contributed by atoms with van der Waals surface area (Å²) in [6.07, 6.45) is 2.25. The maximum atomic E-state index is 9.80. The Balaban J connectivity index is 2.26. The van der Waals surface area contributed by atoms with Gasteiger partial charge in [-0.2, -0.15) is 0 Å². The highest BCUT2D eigenvalue weighted by Gasteiger charge is 2.26. The van der Waals surface area contributed by atoms with Crippen LogP contribution in [-0.2, 0) is 0 Å². The van der Waals surface area contributed by atoms with E-state index in [0.29, 0.717) is 11.6 Å². The maximum Gasteiger partial charge on any atom is 0.0953 e. The second kappa shape index (κ2) is 5.20. The van der Waals surface area contributed by atoms with E-state index in [1.807, 2.05) is 25.1 Å². The summed E-state index contributed by atoms with van der Waals surface area (Å²) in [6.45, 7) is 3.37. The van der Waals surface area contributed by atoms with Crippen LogP contribution in [0.1, 0.15) is 24.9 Å². The second-order valence-corrected chi connectivity index (χ2v) is 5.78. The lowest BCUT2D eigenvalue weighted by molar-refractivity contribution is 0.198. The molecule has 4 nitrogen and oxygen atoms in total. The molecule has 0 spiro atoms. The highest BCUT2D eigenvalue weighted by Crippen LogP contribution is 2.38. The van der Waals surface area contributed by atoms with Gasteiger partial charge in [0.05, 0.1) is 22.3 Å². The van der Waals surface area contributed by atoms with Gasteiger partial charge < -0.3 is 15.7 Å². The largest absolute Gasteiger partial charge is 0.391 e. The standard InChI is InChI=1S/C15H18ClN3O/c1-9(17)12-7-13(16)11-3-2-5-18-14(11)15(12)19-6-4-10(20)8-19/h2-3,5,7,9-10,20H,4,6,8,17H2,1H3/t9?,10-/m1/s1. The number of halogens is 1. The minimum Gasteiger partial charge on any atom is -0.391 e. The van der Waals surface area contributed by atoms with Crippen molar-refractivity contribution < 1.29 is 5.11 Å². The number of nitrogens with two attached hydrogens (primary N) is 1. The third-order valence-corrected chi connectivity index (χ3v) is 4.13. The van der Waals surface area contributed by atoms with Crippen molar-refractivity contribution in [1.29, 1.82) is 0 Å². The van der Waals surface area contributed by atoms with Crippen LogP contribution in [0.5, 0.6) is 0 Å². The van der Waals surface area contributed by atoms with E-state index in [9.17, 15) is 5.11 Å². The predicted octanol–water partition coefficient (Wildman–Crippen LogP) is 2.48. The monoisotopic (exact) mass is 291 g/mol. The molecule has 20 heavy (non-hydrogen) atoms. The zero-order chi connectivity index (χ0) is 14.3. The molecule has 0 amide bonds. The van der Waals surface area contributed by atoms with Gasteiger partial charge in [0.25, 0.3) is 0 Å². The summed E-state index contributed by atoms with van der Waals surface area (Å²) in [5, 5.41) is 11.4. The molecule has 1 aliphatic rings. The zero-order valence-electron chi connectivity index (χ0n) is 11.4. The molecule has 0 aliphatic carbocycles. The minimum absolute atomic E-state index is 0.133. The molecule has 2 aromatic rings. The van der Waals surface area contributed by atoms with Crippen molar-refractivity contribution in [3.05, 3.63) is 35.0 Å². The van der Waals surface area contributed by atoms with E-state index in [1.54, 1.807) is 6.20 Å². The van der Waals surface area contributed by atoms with E-state index < -0.39 is 0 Å². The van der Waals surface area contributed by atoms with Crippen molar-refractivity contribution in [1.82, 2.24) is 4.98 Å². The third kappa shape index (κ3) is 2.24. The number of rotatable bonds is 2. The van der Waals surface area contributed by atoms with Crippen LogP contribution in [0.25, 0.3) is 10.9 Å². The summed E-state index contributed by atoms with van der Waals surface area (Å²) in [7, 11) is 0. The Morgan fingerprint density at radius 3 is 3.00 bits per heavy atom. The Morgan fingerprint density at radius 2 is 2.35 bits per heavy atom. The normalized spacial score (nSPS) is 20.6. The van der Waals surface area contributed by atoms with E-state index in [2.05, 4.69) is 9.88 Å². The quantitative estimate of drug-likeness (QED) is 0.892. The van der Waals surface area contributed by atoms with Crippen molar-refractivity contribution in [2.45, 2.75) is 25.5 Å². The Bertz CT molecular complexity index is 644. The number of fused-ring (bicyclic) bond motifs is 1. The van der Waals surface area contributed by atoms with Crippen LogP contribution in [0, 0.1) is 0 Å². The van der Waals surface area contributed by atoms with E-state index in [0.717, 1.165) is 35.1 Å². The molecule has 1 aromatic carbocycles. The van der Waals surface area contributed by atoms with Crippen LogP contribution in [0.3, 0.4) is 0 Å². The Labute approximate surface area is 123 Å². The van der Waals surface area contributed by atoms with Crippen molar-refractivity contribution in [2.24, 2.45) is 5.73 Å². The van der Waals surface area contributed by atoms with Crippen LogP contribution in [0.15, 0.2) is 24.4 Å². The van der Waals surface area contributed by atoms with Crippen molar-refractivity contribution in [3.8, 4) is 0 Å². The summed E-state index contributed by atoms with van der Waals surface area (Å²) < 4.78 is 0. The van der Waals surface area contributed by atoms with E-state index in [4.69, 9.17) is 17.3 Å². The van der Waals surface area contributed by atoms with Gasteiger partial charge in [-0.15, -0.1) is 0 Å². The first-order chi connectivity index (χ1) is 9.58. The van der Waals surface area contributed by atoms with Crippen molar-refractivity contribution in [2.75, 3.05) is 18.0 Å². The average Bonchev–Trinajstić information content (AvgIpc) is 2.85. The highest BCUT2D eigenvalue weighted by atomic mass is 35.5. The van der Waals surface area contributed by atoms with E-state index in [-0.39, 0.29) is 12.1 Å². The molecule has 106 valence electrons. The van der Waals surface area contributed by atoms with Gasteiger partial charge in [0.1, 0.15) is 0 Å². The van der Waals surface area contributed by atoms with Gasteiger partial charge in [0.15, 0.2) is 0 Å². The first-order valence-electron chi connectivity index (χ1n) is 6.83. The van der Waals surface area contributed by atoms with Crippen LogP contribution in [-0.4, -0.2) is 29.3 Å². The molecule has 0 radical (unpaired) electrons. The topological polar surface area (TPSA) is 62.4 Å². The number of β-amino-alcohol motifs (C(OH)–C–C–N with tert-alkyl or cyclic N) is 1. The molecule has 2 heterocycles. The Hall–Kier alpha value is -1.36. The molecular weight excluding hydrogens is 274 g/mol. The van der Waals surface area contributed by atoms with Gasteiger partial charge in [0, 0.05) is 30.7 Å². The SMILES string of the molecule is CC(N)c1cc(Cl)c2cccnc2c1N1CC[C@@H](O)C1. The summed E-state index contributed by atoms with van der Waals surface area (Å²) in [4.78, 5) is 6.65. The highest BCUT2D eigenvalue weighted by molar-refractivity contribution is 6.36. The Kier molecular flexibility index (Phi) is 3.54. The lowest BCUT2D eigenvalue weighted by Gasteiger charge is -2.25. The molecular formula is C15H18ClN3O. The molecule has 2 atom stereocenters. The first-order valence-corrected chi connectivity index (χ1v) is 7.21. The fourth-order valence-corrected chi connectivity index (χ4v) is 3.10. The smallest absolute Gasteiger partial charge is 0.0953 e. The van der Waals surface area contributed by atoms with Gasteiger partial charge in [-0.05, 0) is 37.1 Å². The number of benzene rings is 1. The molecule has 5 heteroatoms. The lowest BCUT2D eigenvalue weighted by atomic mass is 10.0. The second-order valence-electron chi connectivity index (χ2n) is 5.37. The van der Waals surface area contributed by atoms with Gasteiger partial charge in [0.2, 0.25) is 0 Å². The molecule has 1 saturated heterocycles. The summed E-state index contributed by atoms with van der Waals surface area (Å²) >= 11 is 6.35. The summed E-state index contributed by atoms with van der Waals surface area (Å²) in [5.41, 5.74) is 8.96. The van der Waals surface area contributed by atoms with Gasteiger partial charge in [-0.25, -0.2) is 0 Å². The predicted molar refractivity (Wildman–Crippen MR) is 82.2 cm³/mol. The van der Waals surface area contributed by atoms with E-state index >= 15 is 0 Å². The first kappa shape index (κ1) is 13.6. The number of pyridine rings is 1. The summed E-state index contributed by atoms with van der Waals surface area (Å²) in [6, 6.07) is 5.64. The number of anilines is 1. The fraction of sp³-hybridized carbons (Fsp3) is 0.400. The number of aliphatic hydroxyl groups excluding tert-OH is 1. The Morgan fingerprint density at radius 1 is 1.55 bits per heavy atom. The molecule has 0 bridgehead atoms. The van der Waals surface area contributed by atoms with Gasteiger partial charge >= 0.3 is 0 Å². The zero-order valence-corrected chi connectivity index (χ0v) is 12.1. The van der Waals surface area contributed by atoms with Crippen molar-refractivity contribution >= 4 is 28.2 Å². The average molecular weight is 292 g/mol. The number of aromatic nitrogens is 1. The third-order valence-electron chi connectivity index (χ3n) is 3.82. The number of nitrogens with zero attached hydrogens (tertiary/aromatic N) is 2. The van der Waals surface area contributed by atoms with Crippen LogP contribution >= 0.6 is 11.6 Å². The lowest BCUT2D eigenvalue weighted by Crippen LogP contribution is -2.24. The number of hydrogen-bond acceptors (Lipinski definition) is 4. The maximum absolute atomic E-state index is 9.80. The summed E-state index contributed by atoms with van der Waals surface area (Å²) in [5.74, 6) is 0. The van der Waals surface area contributed by atoms with Gasteiger partial charge in [-0.1, -0.05) is 11.6 Å². The minimum atomic E-state index is -0.287. The number of aliphatic hydroxyl groups is 1. The number of hydrogen-bond donors (Lipinski definition) is 2. The van der Waals surface area contributed by atoms with Crippen LogP contribution in [0.2, 0.25) is 5.02 Å². The van der Waals surface area contributed by atoms with Crippen molar-refractivity contribution in [3.63, 3.8) is 0 Å². The fourth-order valence-electron chi connectivity index (χ4n) is 2.83. The molecule has 1 fully saturated rings. The molecule has 1 aromatic heterocycles. The van der Waals surface area contributed by atoms with Crippen LogP contribution < -0.4 is 10.6 Å². The van der Waals surface area contributed by atoms with Crippen LogP contribution in [0.4, 0.5) is 5.69 Å². The van der Waals surface area contributed by atoms with E-state index in [1.165, 1.54) is 0 Å². The molecule has 1 unspecified atom stereocenters. The molecule has 0 saturated carbocycles. The molecule has 1 aliphatic heterocycles. The van der Waals surface area contributed by atoms with Gasteiger partial charge in [-0.3, -0.25) is 4.98 Å². The molecule has 3 N–H and O–H groups in total.